The predicted octanol–water partition coefficient (Wildman–Crippen LogP) is 2.97. The topological polar surface area (TPSA) is 93.6 Å². The minimum atomic E-state index is -3.65. The summed E-state index contributed by atoms with van der Waals surface area (Å²) in [7, 11) is -2.08. The van der Waals surface area contributed by atoms with E-state index in [1.54, 1.807) is 48.1 Å². The molecule has 1 unspecified atom stereocenters. The summed E-state index contributed by atoms with van der Waals surface area (Å²) in [5.74, 6) is 0. The fourth-order valence-corrected chi connectivity index (χ4v) is 6.14. The molecule has 1 aromatic heterocycles. The molecule has 0 bridgehead atoms. The van der Waals surface area contributed by atoms with Gasteiger partial charge in [0.2, 0.25) is 0 Å². The standard InChI is InChI=1S/C22H23N5O3S2/c1-26-15-14-19(25-26)20-12-13-21(31-20)32(29,30)27(2)18-10-8-17(9-11-18)24-22(28)23-16-6-4-3-5-7-16/h3-10,12-14,18,25H,1,11,15H2,2H3,(H-,23,24,28)/p+1. The molecule has 2 heterocycles. The van der Waals surface area contributed by atoms with E-state index in [0.717, 1.165) is 10.6 Å². The van der Waals surface area contributed by atoms with Crippen LogP contribution in [0, 0.1) is 0 Å². The predicted molar refractivity (Wildman–Crippen MR) is 127 cm³/mol. The summed E-state index contributed by atoms with van der Waals surface area (Å²) in [6.45, 7) is 4.47. The highest BCUT2D eigenvalue weighted by molar-refractivity contribution is 7.91. The number of allylic oxidation sites excluding steroid dienone is 1. The number of benzene rings is 1. The van der Waals surface area contributed by atoms with Crippen LogP contribution in [0.5, 0.6) is 0 Å². The second kappa shape index (κ2) is 9.11. The number of hydrazone groups is 1. The molecule has 0 saturated carbocycles. The van der Waals surface area contributed by atoms with Crippen molar-refractivity contribution in [3.63, 3.8) is 0 Å². The highest BCUT2D eigenvalue weighted by Crippen LogP contribution is 2.30. The molecular weight excluding hydrogens is 446 g/mol. The van der Waals surface area contributed by atoms with Gasteiger partial charge in [-0.25, -0.2) is 13.2 Å². The maximum absolute atomic E-state index is 13.1. The monoisotopic (exact) mass is 470 g/mol. The second-order valence-corrected chi connectivity index (χ2v) is 10.7. The van der Waals surface area contributed by atoms with Gasteiger partial charge in [0.25, 0.3) is 10.0 Å². The number of para-hydroxylation sites is 1. The summed E-state index contributed by atoms with van der Waals surface area (Å²) in [6, 6.07) is 11.9. The third kappa shape index (κ3) is 4.82. The van der Waals surface area contributed by atoms with Crippen molar-refractivity contribution < 1.29 is 17.9 Å². The first-order chi connectivity index (χ1) is 15.3. The Labute approximate surface area is 191 Å². The number of carbonyl (C=O) groups excluding carboxylic acids is 1. The molecule has 0 saturated heterocycles. The molecule has 0 spiro atoms. The molecule has 2 aliphatic rings. The van der Waals surface area contributed by atoms with Crippen LogP contribution in [-0.2, 0) is 10.0 Å². The van der Waals surface area contributed by atoms with Crippen LogP contribution in [-0.4, -0.2) is 49.8 Å². The number of hydrogen-bond donors (Lipinski definition) is 3. The lowest BCUT2D eigenvalue weighted by atomic mass is 10.1. The van der Waals surface area contributed by atoms with Crippen LogP contribution in [0.4, 0.5) is 10.5 Å². The summed E-state index contributed by atoms with van der Waals surface area (Å²) in [6.07, 6.45) is 7.74. The van der Waals surface area contributed by atoms with Gasteiger partial charge in [0.15, 0.2) is 13.3 Å². The van der Waals surface area contributed by atoms with Crippen LogP contribution in [0.1, 0.15) is 11.3 Å². The molecule has 1 atom stereocenters. The summed E-state index contributed by atoms with van der Waals surface area (Å²) in [4.78, 5) is 13.0. The van der Waals surface area contributed by atoms with Crippen molar-refractivity contribution in [3.05, 3.63) is 77.3 Å². The number of nitrogens with one attached hydrogen (secondary N) is 3. The molecule has 32 heavy (non-hydrogen) atoms. The quantitative estimate of drug-likeness (QED) is 0.566. The molecule has 0 fully saturated rings. The maximum Gasteiger partial charge on any atom is 0.323 e. The van der Waals surface area contributed by atoms with Crippen molar-refractivity contribution in [2.75, 3.05) is 18.9 Å². The van der Waals surface area contributed by atoms with E-state index in [2.05, 4.69) is 22.8 Å². The van der Waals surface area contributed by atoms with E-state index < -0.39 is 10.0 Å². The number of carbonyl (C=O) groups is 1. The van der Waals surface area contributed by atoms with Crippen molar-refractivity contribution >= 4 is 45.5 Å². The SMILES string of the molecule is C=[N+]1CC=C(c2ccc(S(=O)(=O)N(C)C3C=CC(NC(=O)Nc4ccccc4)=CC3)s2)N1. The molecule has 1 aliphatic heterocycles. The highest BCUT2D eigenvalue weighted by Gasteiger charge is 2.29. The summed E-state index contributed by atoms with van der Waals surface area (Å²) < 4.78 is 29.6. The molecule has 2 amide bonds. The molecule has 3 N–H and O–H groups in total. The molecular formula is C22H24N5O3S2+. The molecule has 1 aromatic carbocycles. The number of likely N-dealkylation sites (N-methyl/N-ethyl adjacent to an activating group) is 1. The molecule has 0 radical (unpaired) electrons. The average molecular weight is 471 g/mol. The first-order valence-electron chi connectivity index (χ1n) is 9.97. The molecule has 4 rings (SSSR count). The highest BCUT2D eigenvalue weighted by atomic mass is 32.2. The van der Waals surface area contributed by atoms with Gasteiger partial charge in [-0.05, 0) is 36.8 Å². The van der Waals surface area contributed by atoms with Crippen molar-refractivity contribution in [3.8, 4) is 0 Å². The van der Waals surface area contributed by atoms with E-state index in [0.29, 0.717) is 24.4 Å². The van der Waals surface area contributed by atoms with Crippen LogP contribution in [0.3, 0.4) is 0 Å². The Hall–Kier alpha value is -3.21. The largest absolute Gasteiger partial charge is 0.323 e. The fourth-order valence-electron chi connectivity index (χ4n) is 3.33. The van der Waals surface area contributed by atoms with Gasteiger partial charge in [0.05, 0.1) is 4.88 Å². The van der Waals surface area contributed by atoms with Crippen molar-refractivity contribution in [2.24, 2.45) is 0 Å². The van der Waals surface area contributed by atoms with Crippen LogP contribution >= 0.6 is 11.3 Å². The Balaban J connectivity index is 1.37. The third-order valence-corrected chi connectivity index (χ3v) is 8.58. The Morgan fingerprint density at radius 1 is 1.19 bits per heavy atom. The molecule has 8 nitrogen and oxygen atoms in total. The number of sulfonamides is 1. The van der Waals surface area contributed by atoms with E-state index in [1.165, 1.54) is 15.6 Å². The minimum absolute atomic E-state index is 0.281. The van der Waals surface area contributed by atoms with Crippen LogP contribution in [0.25, 0.3) is 5.70 Å². The number of thiophene rings is 1. The Bertz CT molecular complexity index is 1230. The number of hydrogen-bond acceptors (Lipinski definition) is 5. The van der Waals surface area contributed by atoms with Gasteiger partial charge >= 0.3 is 6.03 Å². The van der Waals surface area contributed by atoms with Crippen molar-refractivity contribution in [1.82, 2.24) is 15.0 Å². The van der Waals surface area contributed by atoms with Gasteiger partial charge in [0.1, 0.15) is 9.91 Å². The minimum Gasteiger partial charge on any atom is -0.308 e. The number of hydrazine groups is 1. The summed E-state index contributed by atoms with van der Waals surface area (Å²) in [5, 5.41) is 5.52. The van der Waals surface area contributed by atoms with Gasteiger partial charge in [0, 0.05) is 30.5 Å². The molecule has 1 aliphatic carbocycles. The first-order valence-corrected chi connectivity index (χ1v) is 12.2. The van der Waals surface area contributed by atoms with E-state index in [-0.39, 0.29) is 16.3 Å². The van der Waals surface area contributed by atoms with Crippen LogP contribution in [0.15, 0.2) is 76.7 Å². The molecule has 10 heteroatoms. The van der Waals surface area contributed by atoms with Crippen molar-refractivity contribution in [1.29, 1.82) is 0 Å². The van der Waals surface area contributed by atoms with E-state index in [9.17, 15) is 13.2 Å². The lowest BCUT2D eigenvalue weighted by molar-refractivity contribution is -0.548. The average Bonchev–Trinajstić information content (AvgIpc) is 3.44. The first kappa shape index (κ1) is 22.0. The zero-order chi connectivity index (χ0) is 22.7. The van der Waals surface area contributed by atoms with E-state index in [1.807, 2.05) is 30.4 Å². The Morgan fingerprint density at radius 2 is 1.97 bits per heavy atom. The van der Waals surface area contributed by atoms with Crippen LogP contribution in [0.2, 0.25) is 0 Å². The van der Waals surface area contributed by atoms with E-state index in [4.69, 9.17) is 0 Å². The summed E-state index contributed by atoms with van der Waals surface area (Å²) in [5.41, 5.74) is 5.26. The number of anilines is 1. The van der Waals surface area contributed by atoms with Gasteiger partial charge in [-0.1, -0.05) is 30.4 Å². The number of urea groups is 1. The maximum atomic E-state index is 13.1. The number of rotatable bonds is 6. The zero-order valence-electron chi connectivity index (χ0n) is 17.5. The lowest BCUT2D eigenvalue weighted by Crippen LogP contribution is -2.37. The number of nitrogens with zero attached hydrogens (tertiary/aromatic N) is 2. The van der Waals surface area contributed by atoms with Crippen molar-refractivity contribution in [2.45, 2.75) is 16.7 Å². The van der Waals surface area contributed by atoms with Gasteiger partial charge in [-0.15, -0.1) is 16.0 Å². The second-order valence-electron chi connectivity index (χ2n) is 7.36. The third-order valence-electron chi connectivity index (χ3n) is 5.11. The molecule has 166 valence electrons. The lowest BCUT2D eigenvalue weighted by Gasteiger charge is -2.26. The Kier molecular flexibility index (Phi) is 6.26. The normalized spacial score (nSPS) is 18.2. The van der Waals surface area contributed by atoms with Crippen LogP contribution < -0.4 is 16.1 Å². The van der Waals surface area contributed by atoms with Gasteiger partial charge in [-0.3, -0.25) is 0 Å². The van der Waals surface area contributed by atoms with Gasteiger partial charge in [-0.2, -0.15) is 9.73 Å². The number of amides is 2. The summed E-state index contributed by atoms with van der Waals surface area (Å²) >= 11 is 1.22. The molecule has 2 aromatic rings. The van der Waals surface area contributed by atoms with E-state index >= 15 is 0 Å². The zero-order valence-corrected chi connectivity index (χ0v) is 19.1. The fraction of sp³-hybridized carbons (Fsp3) is 0.182. The smallest absolute Gasteiger partial charge is 0.308 e. The Morgan fingerprint density at radius 3 is 2.62 bits per heavy atom. The van der Waals surface area contributed by atoms with Gasteiger partial charge < -0.3 is 10.6 Å².